The van der Waals surface area contributed by atoms with Gasteiger partial charge in [0.15, 0.2) is 0 Å². The van der Waals surface area contributed by atoms with Crippen LogP contribution in [0.3, 0.4) is 0 Å². The van der Waals surface area contributed by atoms with Gasteiger partial charge in [0.05, 0.1) is 6.10 Å². The van der Waals surface area contributed by atoms with Crippen LogP contribution in [0.5, 0.6) is 0 Å². The Bertz CT molecular complexity index is 124. The normalized spacial score (nSPS) is 22.9. The molecule has 1 unspecified atom stereocenters. The first-order valence-corrected chi connectivity index (χ1v) is 4.39. The molecule has 1 rings (SSSR count). The lowest BCUT2D eigenvalue weighted by atomic mass is 9.82. The number of aliphatic hydroxyl groups is 1. The Hall–Kier alpha value is -0.0800. The standard InChI is InChI=1S/C9H19NO/c1-9(2,3)8(11)4-7-5-10-6-7/h7-8,10-11H,4-6H2,1-3H3. The molecule has 1 aliphatic heterocycles. The quantitative estimate of drug-likeness (QED) is 0.627. The Morgan fingerprint density at radius 1 is 1.45 bits per heavy atom. The van der Waals surface area contributed by atoms with Crippen molar-refractivity contribution in [2.24, 2.45) is 11.3 Å². The van der Waals surface area contributed by atoms with E-state index in [-0.39, 0.29) is 11.5 Å². The molecule has 1 heterocycles. The minimum atomic E-state index is -0.144. The zero-order chi connectivity index (χ0) is 8.48. The molecule has 2 nitrogen and oxygen atoms in total. The molecular formula is C9H19NO. The Labute approximate surface area is 69.0 Å². The summed E-state index contributed by atoms with van der Waals surface area (Å²) in [5.41, 5.74) is 0.0512. The van der Waals surface area contributed by atoms with E-state index in [4.69, 9.17) is 0 Å². The maximum Gasteiger partial charge on any atom is 0.0592 e. The van der Waals surface area contributed by atoms with E-state index in [1.54, 1.807) is 0 Å². The highest BCUT2D eigenvalue weighted by atomic mass is 16.3. The van der Waals surface area contributed by atoms with Gasteiger partial charge < -0.3 is 10.4 Å². The number of aliphatic hydroxyl groups excluding tert-OH is 1. The van der Waals surface area contributed by atoms with Gasteiger partial charge in [0.1, 0.15) is 0 Å². The van der Waals surface area contributed by atoms with E-state index in [9.17, 15) is 5.11 Å². The summed E-state index contributed by atoms with van der Waals surface area (Å²) in [5, 5.41) is 12.9. The summed E-state index contributed by atoms with van der Waals surface area (Å²) < 4.78 is 0. The molecule has 1 aliphatic rings. The summed E-state index contributed by atoms with van der Waals surface area (Å²) in [6.45, 7) is 8.44. The second kappa shape index (κ2) is 3.11. The van der Waals surface area contributed by atoms with Crippen LogP contribution in [0.1, 0.15) is 27.2 Å². The summed E-state index contributed by atoms with van der Waals surface area (Å²) in [5.74, 6) is 0.712. The van der Waals surface area contributed by atoms with Crippen LogP contribution < -0.4 is 5.32 Å². The molecule has 2 N–H and O–H groups in total. The zero-order valence-corrected chi connectivity index (χ0v) is 7.72. The highest BCUT2D eigenvalue weighted by Gasteiger charge is 2.27. The van der Waals surface area contributed by atoms with Gasteiger partial charge in [-0.3, -0.25) is 0 Å². The van der Waals surface area contributed by atoms with Crippen molar-refractivity contribution in [1.82, 2.24) is 5.32 Å². The van der Waals surface area contributed by atoms with Crippen LogP contribution in [0, 0.1) is 11.3 Å². The molecule has 1 fully saturated rings. The van der Waals surface area contributed by atoms with Crippen molar-refractivity contribution in [2.45, 2.75) is 33.3 Å². The molecule has 66 valence electrons. The smallest absolute Gasteiger partial charge is 0.0592 e. The fourth-order valence-electron chi connectivity index (χ4n) is 1.18. The Kier molecular flexibility index (Phi) is 2.55. The summed E-state index contributed by atoms with van der Waals surface area (Å²) in [6.07, 6.45) is 0.811. The third kappa shape index (κ3) is 2.46. The number of hydrogen-bond donors (Lipinski definition) is 2. The van der Waals surface area contributed by atoms with Crippen molar-refractivity contribution in [3.63, 3.8) is 0 Å². The molecule has 0 aromatic carbocycles. The highest BCUT2D eigenvalue weighted by Crippen LogP contribution is 2.25. The van der Waals surface area contributed by atoms with E-state index in [2.05, 4.69) is 26.1 Å². The molecule has 0 amide bonds. The van der Waals surface area contributed by atoms with E-state index < -0.39 is 0 Å². The van der Waals surface area contributed by atoms with Gasteiger partial charge in [-0.25, -0.2) is 0 Å². The SMILES string of the molecule is CC(C)(C)C(O)CC1CNC1. The Morgan fingerprint density at radius 2 is 2.00 bits per heavy atom. The first-order valence-electron chi connectivity index (χ1n) is 4.39. The average Bonchev–Trinajstić information content (AvgIpc) is 1.75. The third-order valence-electron chi connectivity index (χ3n) is 2.42. The first kappa shape index (κ1) is 9.01. The zero-order valence-electron chi connectivity index (χ0n) is 7.72. The summed E-state index contributed by atoms with van der Waals surface area (Å²) in [6, 6.07) is 0. The van der Waals surface area contributed by atoms with Crippen LogP contribution in [0.2, 0.25) is 0 Å². The molecule has 0 saturated carbocycles. The number of rotatable bonds is 2. The van der Waals surface area contributed by atoms with E-state index >= 15 is 0 Å². The predicted molar refractivity (Wildman–Crippen MR) is 46.4 cm³/mol. The maximum absolute atomic E-state index is 9.69. The van der Waals surface area contributed by atoms with Gasteiger partial charge in [0.25, 0.3) is 0 Å². The molecule has 0 radical (unpaired) electrons. The van der Waals surface area contributed by atoms with Crippen molar-refractivity contribution in [1.29, 1.82) is 0 Å². The second-order valence-electron chi connectivity index (χ2n) is 4.64. The fraction of sp³-hybridized carbons (Fsp3) is 1.00. The first-order chi connectivity index (χ1) is 5.00. The van der Waals surface area contributed by atoms with Crippen molar-refractivity contribution >= 4 is 0 Å². The molecule has 1 atom stereocenters. The van der Waals surface area contributed by atoms with Gasteiger partial charge in [-0.1, -0.05) is 20.8 Å². The van der Waals surface area contributed by atoms with Crippen LogP contribution in [0.25, 0.3) is 0 Å². The lowest BCUT2D eigenvalue weighted by Gasteiger charge is -2.34. The van der Waals surface area contributed by atoms with Crippen LogP contribution >= 0.6 is 0 Å². The van der Waals surface area contributed by atoms with Crippen molar-refractivity contribution in [3.8, 4) is 0 Å². The van der Waals surface area contributed by atoms with E-state index in [0.29, 0.717) is 5.92 Å². The van der Waals surface area contributed by atoms with Gasteiger partial charge in [0.2, 0.25) is 0 Å². The molecule has 11 heavy (non-hydrogen) atoms. The van der Waals surface area contributed by atoms with Gasteiger partial charge >= 0.3 is 0 Å². The second-order valence-corrected chi connectivity index (χ2v) is 4.64. The van der Waals surface area contributed by atoms with Crippen LogP contribution in [0.15, 0.2) is 0 Å². The maximum atomic E-state index is 9.69. The van der Waals surface area contributed by atoms with Gasteiger partial charge in [-0.05, 0) is 30.8 Å². The van der Waals surface area contributed by atoms with Gasteiger partial charge in [-0.15, -0.1) is 0 Å². The summed E-state index contributed by atoms with van der Waals surface area (Å²) in [7, 11) is 0. The molecule has 0 spiro atoms. The minimum Gasteiger partial charge on any atom is -0.393 e. The van der Waals surface area contributed by atoms with E-state index in [1.807, 2.05) is 0 Å². The van der Waals surface area contributed by atoms with Crippen molar-refractivity contribution in [2.75, 3.05) is 13.1 Å². The van der Waals surface area contributed by atoms with Gasteiger partial charge in [0, 0.05) is 0 Å². The lowest BCUT2D eigenvalue weighted by Crippen LogP contribution is -2.45. The van der Waals surface area contributed by atoms with Crippen LogP contribution in [-0.4, -0.2) is 24.3 Å². The lowest BCUT2D eigenvalue weighted by molar-refractivity contribution is 0.0334. The molecule has 2 heteroatoms. The molecule has 1 saturated heterocycles. The highest BCUT2D eigenvalue weighted by molar-refractivity contribution is 4.82. The van der Waals surface area contributed by atoms with Crippen LogP contribution in [-0.2, 0) is 0 Å². The van der Waals surface area contributed by atoms with E-state index in [1.165, 1.54) is 0 Å². The van der Waals surface area contributed by atoms with Crippen molar-refractivity contribution < 1.29 is 5.11 Å². The van der Waals surface area contributed by atoms with E-state index in [0.717, 1.165) is 19.5 Å². The fourth-order valence-corrected chi connectivity index (χ4v) is 1.18. The van der Waals surface area contributed by atoms with Gasteiger partial charge in [-0.2, -0.15) is 0 Å². The third-order valence-corrected chi connectivity index (χ3v) is 2.42. The molecular weight excluding hydrogens is 138 g/mol. The minimum absolute atomic E-state index is 0.0512. The Balaban J connectivity index is 2.24. The van der Waals surface area contributed by atoms with Crippen LogP contribution in [0.4, 0.5) is 0 Å². The number of hydrogen-bond acceptors (Lipinski definition) is 2. The molecule has 0 aromatic heterocycles. The summed E-state index contributed by atoms with van der Waals surface area (Å²) in [4.78, 5) is 0. The average molecular weight is 157 g/mol. The molecule has 0 bridgehead atoms. The molecule has 0 aromatic rings. The largest absolute Gasteiger partial charge is 0.393 e. The summed E-state index contributed by atoms with van der Waals surface area (Å²) >= 11 is 0. The monoisotopic (exact) mass is 157 g/mol. The van der Waals surface area contributed by atoms with Crippen molar-refractivity contribution in [3.05, 3.63) is 0 Å². The Morgan fingerprint density at radius 3 is 2.27 bits per heavy atom. The topological polar surface area (TPSA) is 32.3 Å². The predicted octanol–water partition coefficient (Wildman–Crippen LogP) is 1.00. The molecule has 0 aliphatic carbocycles. The number of nitrogens with one attached hydrogen (secondary N) is 1.